The summed E-state index contributed by atoms with van der Waals surface area (Å²) in [5.41, 5.74) is 1.77. The van der Waals surface area contributed by atoms with E-state index >= 15 is 0 Å². The molecule has 0 aromatic heterocycles. The molecule has 2 aromatic carbocycles. The SMILES string of the molecule is CC(C)COc1ccc(C(=O)Nc2cccc(C(=O)N3CCCCC3)c2)cc1. The van der Waals surface area contributed by atoms with E-state index < -0.39 is 0 Å². The van der Waals surface area contributed by atoms with E-state index in [9.17, 15) is 9.59 Å². The highest BCUT2D eigenvalue weighted by Gasteiger charge is 2.18. The standard InChI is InChI=1S/C23H28N2O3/c1-17(2)16-28-21-11-9-18(10-12-21)22(26)24-20-8-6-7-19(15-20)23(27)25-13-4-3-5-14-25/h6-12,15,17H,3-5,13-14,16H2,1-2H3,(H,24,26). The molecule has 1 aliphatic heterocycles. The van der Waals surface area contributed by atoms with Gasteiger partial charge in [0.25, 0.3) is 11.8 Å². The largest absolute Gasteiger partial charge is 0.493 e. The van der Waals surface area contributed by atoms with Crippen LogP contribution in [0.1, 0.15) is 53.8 Å². The Morgan fingerprint density at radius 1 is 1.00 bits per heavy atom. The average molecular weight is 380 g/mol. The average Bonchev–Trinajstić information content (AvgIpc) is 2.73. The molecule has 2 aromatic rings. The summed E-state index contributed by atoms with van der Waals surface area (Å²) in [4.78, 5) is 27.1. The number of rotatable bonds is 6. The normalized spacial score (nSPS) is 14.0. The van der Waals surface area contributed by atoms with Gasteiger partial charge in [-0.1, -0.05) is 19.9 Å². The molecule has 0 spiro atoms. The predicted octanol–water partition coefficient (Wildman–Crippen LogP) is 4.60. The third kappa shape index (κ3) is 5.35. The van der Waals surface area contributed by atoms with Gasteiger partial charge >= 0.3 is 0 Å². The minimum Gasteiger partial charge on any atom is -0.493 e. The Kier molecular flexibility index (Phi) is 6.69. The number of carbonyl (C=O) groups excluding carboxylic acids is 2. The van der Waals surface area contributed by atoms with Crippen molar-refractivity contribution in [2.24, 2.45) is 5.92 Å². The number of benzene rings is 2. The van der Waals surface area contributed by atoms with Crippen molar-refractivity contribution in [3.05, 3.63) is 59.7 Å². The number of anilines is 1. The number of carbonyl (C=O) groups is 2. The van der Waals surface area contributed by atoms with Gasteiger partial charge in [-0.3, -0.25) is 9.59 Å². The first kappa shape index (κ1) is 19.9. The van der Waals surface area contributed by atoms with Crippen LogP contribution in [0.2, 0.25) is 0 Å². The maximum Gasteiger partial charge on any atom is 0.255 e. The fraction of sp³-hybridized carbons (Fsp3) is 0.391. The third-order valence-electron chi connectivity index (χ3n) is 4.71. The Morgan fingerprint density at radius 2 is 1.71 bits per heavy atom. The lowest BCUT2D eigenvalue weighted by Gasteiger charge is -2.26. The molecular weight excluding hydrogens is 352 g/mol. The van der Waals surface area contributed by atoms with Gasteiger partial charge in [0, 0.05) is 29.9 Å². The van der Waals surface area contributed by atoms with Gasteiger partial charge in [0.15, 0.2) is 0 Å². The van der Waals surface area contributed by atoms with E-state index in [2.05, 4.69) is 19.2 Å². The Labute approximate surface area is 166 Å². The molecule has 1 fully saturated rings. The molecular formula is C23H28N2O3. The van der Waals surface area contributed by atoms with Crippen molar-refractivity contribution in [1.29, 1.82) is 0 Å². The van der Waals surface area contributed by atoms with Crippen LogP contribution >= 0.6 is 0 Å². The number of hydrogen-bond donors (Lipinski definition) is 1. The molecule has 2 amide bonds. The maximum absolute atomic E-state index is 12.7. The van der Waals surface area contributed by atoms with Crippen LogP contribution in [0.4, 0.5) is 5.69 Å². The van der Waals surface area contributed by atoms with E-state index in [1.807, 2.05) is 4.90 Å². The summed E-state index contributed by atoms with van der Waals surface area (Å²) in [7, 11) is 0. The summed E-state index contributed by atoms with van der Waals surface area (Å²) in [5.74, 6) is 1.02. The van der Waals surface area contributed by atoms with E-state index in [1.165, 1.54) is 6.42 Å². The first-order chi connectivity index (χ1) is 13.5. The maximum atomic E-state index is 12.7. The van der Waals surface area contributed by atoms with Crippen molar-refractivity contribution in [2.75, 3.05) is 25.0 Å². The highest BCUT2D eigenvalue weighted by atomic mass is 16.5. The smallest absolute Gasteiger partial charge is 0.255 e. The summed E-state index contributed by atoms with van der Waals surface area (Å²) in [6.07, 6.45) is 3.29. The van der Waals surface area contributed by atoms with Gasteiger partial charge in [0.2, 0.25) is 0 Å². The number of likely N-dealkylation sites (tertiary alicyclic amines) is 1. The quantitative estimate of drug-likeness (QED) is 0.797. The molecule has 5 heteroatoms. The zero-order chi connectivity index (χ0) is 19.9. The molecule has 0 atom stereocenters. The van der Waals surface area contributed by atoms with Gasteiger partial charge in [-0.05, 0) is 67.6 Å². The van der Waals surface area contributed by atoms with Gasteiger partial charge in [0.05, 0.1) is 6.61 Å². The number of amides is 2. The lowest BCUT2D eigenvalue weighted by Crippen LogP contribution is -2.35. The molecule has 0 bridgehead atoms. The zero-order valence-electron chi connectivity index (χ0n) is 16.6. The molecule has 0 aliphatic carbocycles. The van der Waals surface area contributed by atoms with E-state index in [4.69, 9.17) is 4.74 Å². The lowest BCUT2D eigenvalue weighted by atomic mass is 10.1. The van der Waals surface area contributed by atoms with Crippen molar-refractivity contribution in [1.82, 2.24) is 4.90 Å². The third-order valence-corrected chi connectivity index (χ3v) is 4.71. The molecule has 0 radical (unpaired) electrons. The van der Waals surface area contributed by atoms with Crippen molar-refractivity contribution >= 4 is 17.5 Å². The van der Waals surface area contributed by atoms with Crippen LogP contribution in [-0.4, -0.2) is 36.4 Å². The van der Waals surface area contributed by atoms with Crippen LogP contribution in [0.3, 0.4) is 0 Å². The van der Waals surface area contributed by atoms with Gasteiger partial charge in [0.1, 0.15) is 5.75 Å². The topological polar surface area (TPSA) is 58.6 Å². The van der Waals surface area contributed by atoms with E-state index in [0.717, 1.165) is 31.7 Å². The fourth-order valence-electron chi connectivity index (χ4n) is 3.18. The van der Waals surface area contributed by atoms with E-state index in [-0.39, 0.29) is 11.8 Å². The second-order valence-electron chi connectivity index (χ2n) is 7.62. The lowest BCUT2D eigenvalue weighted by molar-refractivity contribution is 0.0724. The second kappa shape index (κ2) is 9.40. The van der Waals surface area contributed by atoms with Crippen LogP contribution in [-0.2, 0) is 0 Å². The van der Waals surface area contributed by atoms with Crippen molar-refractivity contribution < 1.29 is 14.3 Å². The predicted molar refractivity (Wildman–Crippen MR) is 111 cm³/mol. The fourth-order valence-corrected chi connectivity index (χ4v) is 3.18. The number of nitrogens with one attached hydrogen (secondary N) is 1. The molecule has 1 heterocycles. The summed E-state index contributed by atoms with van der Waals surface area (Å²) in [6.45, 7) is 6.43. The van der Waals surface area contributed by atoms with Gasteiger partial charge < -0.3 is 15.0 Å². The minimum absolute atomic E-state index is 0.0300. The molecule has 3 rings (SSSR count). The molecule has 1 N–H and O–H groups in total. The number of hydrogen-bond acceptors (Lipinski definition) is 3. The summed E-state index contributed by atoms with van der Waals surface area (Å²) < 4.78 is 5.65. The summed E-state index contributed by atoms with van der Waals surface area (Å²) >= 11 is 0. The van der Waals surface area contributed by atoms with Crippen LogP contribution < -0.4 is 10.1 Å². The highest BCUT2D eigenvalue weighted by molar-refractivity contribution is 6.05. The molecule has 28 heavy (non-hydrogen) atoms. The van der Waals surface area contributed by atoms with Crippen LogP contribution in [0.15, 0.2) is 48.5 Å². The Balaban J connectivity index is 1.63. The molecule has 148 valence electrons. The molecule has 1 saturated heterocycles. The zero-order valence-corrected chi connectivity index (χ0v) is 16.6. The molecule has 0 unspecified atom stereocenters. The minimum atomic E-state index is -0.210. The van der Waals surface area contributed by atoms with Crippen molar-refractivity contribution in [2.45, 2.75) is 33.1 Å². The Bertz CT molecular complexity index is 809. The van der Waals surface area contributed by atoms with Gasteiger partial charge in [-0.15, -0.1) is 0 Å². The number of nitrogens with zero attached hydrogens (tertiary/aromatic N) is 1. The molecule has 5 nitrogen and oxygen atoms in total. The van der Waals surface area contributed by atoms with Gasteiger partial charge in [-0.25, -0.2) is 0 Å². The highest BCUT2D eigenvalue weighted by Crippen LogP contribution is 2.18. The first-order valence-electron chi connectivity index (χ1n) is 9.96. The van der Waals surface area contributed by atoms with Crippen LogP contribution in [0, 0.1) is 5.92 Å². The summed E-state index contributed by atoms with van der Waals surface area (Å²) in [5, 5.41) is 2.88. The molecule has 0 saturated carbocycles. The number of piperidine rings is 1. The van der Waals surface area contributed by atoms with E-state index in [1.54, 1.807) is 48.5 Å². The van der Waals surface area contributed by atoms with Crippen molar-refractivity contribution in [3.8, 4) is 5.75 Å². The van der Waals surface area contributed by atoms with Crippen LogP contribution in [0.5, 0.6) is 5.75 Å². The van der Waals surface area contributed by atoms with Crippen LogP contribution in [0.25, 0.3) is 0 Å². The molecule has 1 aliphatic rings. The first-order valence-corrected chi connectivity index (χ1v) is 9.96. The van der Waals surface area contributed by atoms with E-state index in [0.29, 0.717) is 29.3 Å². The Hall–Kier alpha value is -2.82. The van der Waals surface area contributed by atoms with Gasteiger partial charge in [-0.2, -0.15) is 0 Å². The number of ether oxygens (including phenoxy) is 1. The Morgan fingerprint density at radius 3 is 2.39 bits per heavy atom. The summed E-state index contributed by atoms with van der Waals surface area (Å²) in [6, 6.07) is 14.2. The van der Waals surface area contributed by atoms with Crippen molar-refractivity contribution in [3.63, 3.8) is 0 Å². The second-order valence-corrected chi connectivity index (χ2v) is 7.62. The monoisotopic (exact) mass is 380 g/mol.